The lowest BCUT2D eigenvalue weighted by atomic mass is 9.81. The summed E-state index contributed by atoms with van der Waals surface area (Å²) in [6, 6.07) is 2.40. The molecule has 0 aromatic carbocycles. The molecule has 29 heavy (non-hydrogen) atoms. The Hall–Kier alpha value is -3.04. The van der Waals surface area contributed by atoms with Crippen molar-refractivity contribution >= 4 is 5.52 Å². The number of fused-ring (bicyclic) bond motifs is 1. The van der Waals surface area contributed by atoms with Crippen molar-refractivity contribution < 1.29 is 10.2 Å². The predicted octanol–water partition coefficient (Wildman–Crippen LogP) is 1.78. The summed E-state index contributed by atoms with van der Waals surface area (Å²) in [5.41, 5.74) is 4.23. The minimum absolute atomic E-state index is 0.222. The fraction of sp³-hybridized carbons (Fsp3) is 0.400. The molecule has 4 heterocycles. The molecule has 4 aromatic heterocycles. The molecule has 0 spiro atoms. The number of aliphatic hydroxyl groups is 2. The second-order valence-electron chi connectivity index (χ2n) is 7.75. The monoisotopic (exact) mass is 393 g/mol. The predicted molar refractivity (Wildman–Crippen MR) is 106 cm³/mol. The molecule has 4 aromatic rings. The largest absolute Gasteiger partial charge is 0.394 e. The highest BCUT2D eigenvalue weighted by molar-refractivity contribution is 5.78. The standard InChI is InChI=1S/C20H23N7O2/c1-13-2-3-18(13)26-9-15(7-23-26)20-19-4-5-21-27(19)11-17(24-20)14-6-22-25(8-14)10-16(29)12-28/h4-9,11,13,16,18,28-29H,2-3,10,12H2,1H3/t13-,16+,18+/m0/s1. The molecule has 2 N–H and O–H groups in total. The van der Waals surface area contributed by atoms with Crippen LogP contribution in [-0.4, -0.2) is 57.1 Å². The second kappa shape index (κ2) is 7.09. The van der Waals surface area contributed by atoms with Crippen molar-refractivity contribution in [2.75, 3.05) is 6.61 Å². The third-order valence-corrected chi connectivity index (χ3v) is 5.72. The molecule has 1 aliphatic carbocycles. The van der Waals surface area contributed by atoms with Gasteiger partial charge >= 0.3 is 0 Å². The van der Waals surface area contributed by atoms with E-state index in [1.54, 1.807) is 27.8 Å². The highest BCUT2D eigenvalue weighted by Crippen LogP contribution is 2.38. The molecule has 0 amide bonds. The third kappa shape index (κ3) is 3.22. The Morgan fingerprint density at radius 2 is 1.97 bits per heavy atom. The van der Waals surface area contributed by atoms with Crippen LogP contribution in [0.5, 0.6) is 0 Å². The Balaban J connectivity index is 1.52. The van der Waals surface area contributed by atoms with E-state index in [0.717, 1.165) is 34.5 Å². The van der Waals surface area contributed by atoms with E-state index in [4.69, 9.17) is 10.1 Å². The molecule has 1 saturated carbocycles. The summed E-state index contributed by atoms with van der Waals surface area (Å²) in [5, 5.41) is 31.9. The van der Waals surface area contributed by atoms with E-state index in [1.807, 2.05) is 18.5 Å². The van der Waals surface area contributed by atoms with E-state index in [1.165, 1.54) is 6.42 Å². The Kier molecular flexibility index (Phi) is 4.40. The summed E-state index contributed by atoms with van der Waals surface area (Å²) in [7, 11) is 0. The van der Waals surface area contributed by atoms with Crippen molar-refractivity contribution in [2.24, 2.45) is 5.92 Å². The number of aromatic nitrogens is 7. The Labute approximate surface area is 167 Å². The van der Waals surface area contributed by atoms with E-state index in [9.17, 15) is 5.11 Å². The van der Waals surface area contributed by atoms with Gasteiger partial charge in [-0.25, -0.2) is 9.50 Å². The van der Waals surface area contributed by atoms with Gasteiger partial charge in [0, 0.05) is 23.5 Å². The number of hydrogen-bond acceptors (Lipinski definition) is 6. The van der Waals surface area contributed by atoms with Crippen LogP contribution >= 0.6 is 0 Å². The summed E-state index contributed by atoms with van der Waals surface area (Å²) in [4.78, 5) is 4.88. The first-order valence-corrected chi connectivity index (χ1v) is 9.83. The quantitative estimate of drug-likeness (QED) is 0.517. The second-order valence-corrected chi connectivity index (χ2v) is 7.75. The zero-order chi connectivity index (χ0) is 20.0. The first-order chi connectivity index (χ1) is 14.1. The lowest BCUT2D eigenvalue weighted by molar-refractivity contribution is 0.0783. The highest BCUT2D eigenvalue weighted by atomic mass is 16.3. The fourth-order valence-corrected chi connectivity index (χ4v) is 3.83. The summed E-state index contributed by atoms with van der Waals surface area (Å²) >= 11 is 0. The molecule has 9 nitrogen and oxygen atoms in total. The molecule has 0 saturated heterocycles. The van der Waals surface area contributed by atoms with Crippen LogP contribution in [0, 0.1) is 5.92 Å². The zero-order valence-electron chi connectivity index (χ0n) is 16.1. The van der Waals surface area contributed by atoms with Gasteiger partial charge < -0.3 is 10.2 Å². The van der Waals surface area contributed by atoms with Crippen LogP contribution in [0.4, 0.5) is 0 Å². The van der Waals surface area contributed by atoms with Gasteiger partial charge in [0.2, 0.25) is 0 Å². The molecule has 0 radical (unpaired) electrons. The van der Waals surface area contributed by atoms with Crippen molar-refractivity contribution in [3.63, 3.8) is 0 Å². The zero-order valence-corrected chi connectivity index (χ0v) is 16.1. The third-order valence-electron chi connectivity index (χ3n) is 5.72. The van der Waals surface area contributed by atoms with Gasteiger partial charge in [-0.1, -0.05) is 6.92 Å². The molecular formula is C20H23N7O2. The van der Waals surface area contributed by atoms with Crippen LogP contribution in [-0.2, 0) is 6.54 Å². The molecule has 1 fully saturated rings. The van der Waals surface area contributed by atoms with Gasteiger partial charge in [0.25, 0.3) is 0 Å². The van der Waals surface area contributed by atoms with Gasteiger partial charge in [-0.05, 0) is 24.8 Å². The minimum Gasteiger partial charge on any atom is -0.394 e. The molecule has 0 bridgehead atoms. The Morgan fingerprint density at radius 1 is 1.10 bits per heavy atom. The number of rotatable bonds is 6. The van der Waals surface area contributed by atoms with Gasteiger partial charge in [0.15, 0.2) is 0 Å². The summed E-state index contributed by atoms with van der Waals surface area (Å²) in [6.07, 6.45) is 12.6. The van der Waals surface area contributed by atoms with Crippen LogP contribution < -0.4 is 0 Å². The maximum Gasteiger partial charge on any atom is 0.0999 e. The lowest BCUT2D eigenvalue weighted by Gasteiger charge is -2.33. The highest BCUT2D eigenvalue weighted by Gasteiger charge is 2.29. The molecular weight excluding hydrogens is 370 g/mol. The van der Waals surface area contributed by atoms with Gasteiger partial charge in [0.1, 0.15) is 0 Å². The fourth-order valence-electron chi connectivity index (χ4n) is 3.83. The van der Waals surface area contributed by atoms with Crippen LogP contribution in [0.1, 0.15) is 25.8 Å². The van der Waals surface area contributed by atoms with Crippen LogP contribution in [0.15, 0.2) is 43.2 Å². The summed E-state index contributed by atoms with van der Waals surface area (Å²) in [5.74, 6) is 0.650. The van der Waals surface area contributed by atoms with Gasteiger partial charge in [-0.3, -0.25) is 9.36 Å². The Bertz CT molecular complexity index is 1140. The average molecular weight is 393 g/mol. The van der Waals surface area contributed by atoms with E-state index >= 15 is 0 Å². The molecule has 1 aliphatic rings. The lowest BCUT2D eigenvalue weighted by Crippen LogP contribution is -2.26. The van der Waals surface area contributed by atoms with Crippen molar-refractivity contribution in [1.29, 1.82) is 0 Å². The van der Waals surface area contributed by atoms with Crippen molar-refractivity contribution in [3.8, 4) is 22.5 Å². The van der Waals surface area contributed by atoms with Crippen molar-refractivity contribution in [2.45, 2.75) is 38.5 Å². The van der Waals surface area contributed by atoms with Crippen LogP contribution in [0.2, 0.25) is 0 Å². The summed E-state index contributed by atoms with van der Waals surface area (Å²) < 4.78 is 5.46. The number of nitrogens with zero attached hydrogens (tertiary/aromatic N) is 7. The smallest absolute Gasteiger partial charge is 0.0999 e. The van der Waals surface area contributed by atoms with Crippen LogP contribution in [0.25, 0.3) is 28.0 Å². The number of aliphatic hydroxyl groups excluding tert-OH is 2. The van der Waals surface area contributed by atoms with E-state index < -0.39 is 6.10 Å². The van der Waals surface area contributed by atoms with Gasteiger partial charge in [0.05, 0.1) is 67.0 Å². The normalized spacial score (nSPS) is 20.1. The van der Waals surface area contributed by atoms with Crippen molar-refractivity contribution in [3.05, 3.63) is 43.2 Å². The first kappa shape index (κ1) is 18.0. The molecule has 0 aliphatic heterocycles. The SMILES string of the molecule is C[C@H]1CC[C@H]1n1cc(-c2nc(-c3cnn(C[C@@H](O)CO)c3)cn3nccc23)cn1. The number of hydrogen-bond donors (Lipinski definition) is 2. The van der Waals surface area contributed by atoms with E-state index in [2.05, 4.69) is 33.1 Å². The summed E-state index contributed by atoms with van der Waals surface area (Å²) in [6.45, 7) is 2.18. The van der Waals surface area contributed by atoms with Gasteiger partial charge in [-0.2, -0.15) is 15.3 Å². The van der Waals surface area contributed by atoms with E-state index in [0.29, 0.717) is 12.0 Å². The van der Waals surface area contributed by atoms with E-state index in [-0.39, 0.29) is 13.2 Å². The maximum absolute atomic E-state index is 9.64. The average Bonchev–Trinajstić information content (AvgIpc) is 3.46. The first-order valence-electron chi connectivity index (χ1n) is 9.83. The van der Waals surface area contributed by atoms with Crippen LogP contribution in [0.3, 0.4) is 0 Å². The molecule has 150 valence electrons. The maximum atomic E-state index is 9.64. The molecule has 3 atom stereocenters. The topological polar surface area (TPSA) is 106 Å². The van der Waals surface area contributed by atoms with Gasteiger partial charge in [-0.15, -0.1) is 0 Å². The Morgan fingerprint density at radius 3 is 2.72 bits per heavy atom. The minimum atomic E-state index is -0.848. The van der Waals surface area contributed by atoms with Crippen molar-refractivity contribution in [1.82, 2.24) is 34.2 Å². The molecule has 0 unspecified atom stereocenters. The molecule has 5 rings (SSSR count). The molecule has 9 heteroatoms.